The molecule has 4 heteroatoms. The number of hydrogen-bond donors (Lipinski definition) is 1. The van der Waals surface area contributed by atoms with E-state index in [1.54, 1.807) is 0 Å². The summed E-state index contributed by atoms with van der Waals surface area (Å²) >= 11 is 0. The molecule has 0 unspecified atom stereocenters. The van der Waals surface area contributed by atoms with Crippen molar-refractivity contribution in [1.82, 2.24) is 10.2 Å². The second-order valence-corrected chi connectivity index (χ2v) is 4.40. The number of rotatable bonds is 8. The lowest BCUT2D eigenvalue weighted by molar-refractivity contribution is -0.122. The van der Waals surface area contributed by atoms with Gasteiger partial charge < -0.3 is 5.32 Å². The fourth-order valence-electron chi connectivity index (χ4n) is 1.39. The van der Waals surface area contributed by atoms with E-state index in [4.69, 9.17) is 5.26 Å². The van der Waals surface area contributed by atoms with E-state index in [1.165, 1.54) is 0 Å². The predicted molar refractivity (Wildman–Crippen MR) is 64.8 cm³/mol. The van der Waals surface area contributed by atoms with Crippen molar-refractivity contribution >= 4 is 5.91 Å². The second kappa shape index (κ2) is 9.17. The highest BCUT2D eigenvalue weighted by atomic mass is 16.2. The largest absolute Gasteiger partial charge is 0.355 e. The van der Waals surface area contributed by atoms with Crippen LogP contribution in [0.4, 0.5) is 0 Å². The third-order valence-corrected chi connectivity index (χ3v) is 2.25. The van der Waals surface area contributed by atoms with Gasteiger partial charge in [-0.05, 0) is 25.3 Å². The zero-order chi connectivity index (χ0) is 12.4. The zero-order valence-corrected chi connectivity index (χ0v) is 10.6. The first-order chi connectivity index (χ1) is 7.60. The normalized spacial score (nSPS) is 10.5. The van der Waals surface area contributed by atoms with E-state index < -0.39 is 0 Å². The molecule has 0 aromatic heterocycles. The van der Waals surface area contributed by atoms with Crippen LogP contribution in [-0.2, 0) is 4.79 Å². The van der Waals surface area contributed by atoms with E-state index >= 15 is 0 Å². The number of nitriles is 1. The lowest BCUT2D eigenvalue weighted by Gasteiger charge is -2.17. The molecule has 0 radical (unpaired) electrons. The Bertz CT molecular complexity index is 233. The summed E-state index contributed by atoms with van der Waals surface area (Å²) in [6.45, 7) is 8.48. The summed E-state index contributed by atoms with van der Waals surface area (Å²) in [6, 6.07) is 2.08. The predicted octanol–water partition coefficient (Wildman–Crippen LogP) is 1.38. The number of amides is 1. The van der Waals surface area contributed by atoms with Crippen LogP contribution in [0, 0.1) is 17.2 Å². The van der Waals surface area contributed by atoms with Gasteiger partial charge in [0.15, 0.2) is 0 Å². The summed E-state index contributed by atoms with van der Waals surface area (Å²) < 4.78 is 0. The van der Waals surface area contributed by atoms with Crippen molar-refractivity contribution in [3.8, 4) is 6.07 Å². The fraction of sp³-hybridized carbons (Fsp3) is 0.833. The highest BCUT2D eigenvalue weighted by Crippen LogP contribution is 1.96. The quantitative estimate of drug-likeness (QED) is 0.635. The SMILES string of the molecule is CCCN(CC#N)CC(=O)NCCC(C)C. The molecule has 92 valence electrons. The van der Waals surface area contributed by atoms with Crippen molar-refractivity contribution in [2.45, 2.75) is 33.6 Å². The standard InChI is InChI=1S/C12H23N3O/c1-4-8-15(9-6-13)10-12(16)14-7-5-11(2)3/h11H,4-5,7-10H2,1-3H3,(H,14,16). The third kappa shape index (κ3) is 8.25. The molecule has 0 spiro atoms. The minimum absolute atomic E-state index is 0.0179. The first-order valence-electron chi connectivity index (χ1n) is 5.96. The van der Waals surface area contributed by atoms with Crippen molar-refractivity contribution in [3.63, 3.8) is 0 Å². The van der Waals surface area contributed by atoms with Gasteiger partial charge in [-0.2, -0.15) is 5.26 Å². The first-order valence-corrected chi connectivity index (χ1v) is 5.96. The van der Waals surface area contributed by atoms with Gasteiger partial charge in [-0.3, -0.25) is 9.69 Å². The highest BCUT2D eigenvalue weighted by Gasteiger charge is 2.08. The molecular weight excluding hydrogens is 202 g/mol. The number of carbonyl (C=O) groups excluding carboxylic acids is 1. The molecule has 0 heterocycles. The maximum Gasteiger partial charge on any atom is 0.234 e. The summed E-state index contributed by atoms with van der Waals surface area (Å²) in [4.78, 5) is 13.4. The van der Waals surface area contributed by atoms with E-state index in [-0.39, 0.29) is 5.91 Å². The van der Waals surface area contributed by atoms with E-state index in [2.05, 4.69) is 25.2 Å². The van der Waals surface area contributed by atoms with Crippen LogP contribution in [0.25, 0.3) is 0 Å². The number of carbonyl (C=O) groups is 1. The Balaban J connectivity index is 3.77. The lowest BCUT2D eigenvalue weighted by atomic mass is 10.1. The van der Waals surface area contributed by atoms with Crippen LogP contribution in [0.5, 0.6) is 0 Å². The van der Waals surface area contributed by atoms with Crippen molar-refractivity contribution in [1.29, 1.82) is 5.26 Å². The molecular formula is C12H23N3O. The van der Waals surface area contributed by atoms with Crippen LogP contribution in [0.1, 0.15) is 33.6 Å². The molecule has 0 rings (SSSR count). The summed E-state index contributed by atoms with van der Waals surface area (Å²) in [7, 11) is 0. The molecule has 0 aromatic rings. The first kappa shape index (κ1) is 14.9. The summed E-state index contributed by atoms with van der Waals surface area (Å²) in [5.74, 6) is 0.621. The van der Waals surface area contributed by atoms with Crippen LogP contribution in [0.2, 0.25) is 0 Å². The van der Waals surface area contributed by atoms with Gasteiger partial charge in [0.1, 0.15) is 0 Å². The molecule has 0 atom stereocenters. The van der Waals surface area contributed by atoms with Crippen molar-refractivity contribution in [2.24, 2.45) is 5.92 Å². The average Bonchev–Trinajstić information content (AvgIpc) is 2.17. The van der Waals surface area contributed by atoms with Crippen LogP contribution in [-0.4, -0.2) is 37.0 Å². The molecule has 0 aliphatic carbocycles. The molecule has 0 bridgehead atoms. The number of nitrogens with one attached hydrogen (secondary N) is 1. The van der Waals surface area contributed by atoms with Gasteiger partial charge in [0.25, 0.3) is 0 Å². The maximum atomic E-state index is 11.5. The summed E-state index contributed by atoms with van der Waals surface area (Å²) in [5.41, 5.74) is 0. The Hall–Kier alpha value is -1.08. The number of hydrogen-bond acceptors (Lipinski definition) is 3. The highest BCUT2D eigenvalue weighted by molar-refractivity contribution is 5.77. The fourth-order valence-corrected chi connectivity index (χ4v) is 1.39. The summed E-state index contributed by atoms with van der Waals surface area (Å²) in [5, 5.41) is 11.5. The topological polar surface area (TPSA) is 56.1 Å². The van der Waals surface area contributed by atoms with Gasteiger partial charge >= 0.3 is 0 Å². The molecule has 0 aromatic carbocycles. The molecule has 0 saturated carbocycles. The van der Waals surface area contributed by atoms with E-state index in [0.29, 0.717) is 19.0 Å². The van der Waals surface area contributed by atoms with Gasteiger partial charge in [-0.1, -0.05) is 20.8 Å². The Morgan fingerprint density at radius 1 is 1.50 bits per heavy atom. The molecule has 1 amide bonds. The van der Waals surface area contributed by atoms with Gasteiger partial charge in [0, 0.05) is 6.54 Å². The Morgan fingerprint density at radius 2 is 2.19 bits per heavy atom. The van der Waals surface area contributed by atoms with E-state index in [9.17, 15) is 4.79 Å². The summed E-state index contributed by atoms with van der Waals surface area (Å²) in [6.07, 6.45) is 1.96. The Labute approximate surface area is 98.6 Å². The van der Waals surface area contributed by atoms with Crippen molar-refractivity contribution < 1.29 is 4.79 Å². The van der Waals surface area contributed by atoms with Gasteiger partial charge in [0.05, 0.1) is 19.2 Å². The van der Waals surface area contributed by atoms with E-state index in [1.807, 2.05) is 11.8 Å². The van der Waals surface area contributed by atoms with Crippen molar-refractivity contribution in [2.75, 3.05) is 26.2 Å². The maximum absolute atomic E-state index is 11.5. The smallest absolute Gasteiger partial charge is 0.234 e. The van der Waals surface area contributed by atoms with Crippen LogP contribution < -0.4 is 5.32 Å². The Morgan fingerprint density at radius 3 is 2.69 bits per heavy atom. The van der Waals surface area contributed by atoms with Crippen LogP contribution >= 0.6 is 0 Å². The Kier molecular flexibility index (Phi) is 8.55. The van der Waals surface area contributed by atoms with E-state index in [0.717, 1.165) is 25.9 Å². The molecule has 0 aliphatic heterocycles. The molecule has 1 N–H and O–H groups in total. The van der Waals surface area contributed by atoms with Gasteiger partial charge in [0.2, 0.25) is 5.91 Å². The monoisotopic (exact) mass is 225 g/mol. The van der Waals surface area contributed by atoms with Gasteiger partial charge in [-0.25, -0.2) is 0 Å². The third-order valence-electron chi connectivity index (χ3n) is 2.25. The molecule has 4 nitrogen and oxygen atoms in total. The zero-order valence-electron chi connectivity index (χ0n) is 10.6. The average molecular weight is 225 g/mol. The van der Waals surface area contributed by atoms with Gasteiger partial charge in [-0.15, -0.1) is 0 Å². The molecule has 0 saturated heterocycles. The van der Waals surface area contributed by atoms with Crippen LogP contribution in [0.3, 0.4) is 0 Å². The number of nitrogens with zero attached hydrogens (tertiary/aromatic N) is 2. The van der Waals surface area contributed by atoms with Crippen molar-refractivity contribution in [3.05, 3.63) is 0 Å². The minimum atomic E-state index is 0.0179. The lowest BCUT2D eigenvalue weighted by Crippen LogP contribution is -2.38. The molecule has 16 heavy (non-hydrogen) atoms. The van der Waals surface area contributed by atoms with Crippen LogP contribution in [0.15, 0.2) is 0 Å². The molecule has 0 aliphatic rings. The molecule has 0 fully saturated rings. The minimum Gasteiger partial charge on any atom is -0.355 e. The second-order valence-electron chi connectivity index (χ2n) is 4.40.